The third-order valence-corrected chi connectivity index (χ3v) is 14.8. The van der Waals surface area contributed by atoms with Gasteiger partial charge in [0.05, 0.1) is 24.4 Å². The van der Waals surface area contributed by atoms with E-state index in [1.807, 2.05) is 58.1 Å². The van der Waals surface area contributed by atoms with Crippen molar-refractivity contribution in [2.45, 2.75) is 180 Å². The second kappa shape index (κ2) is 25.8. The summed E-state index contributed by atoms with van der Waals surface area (Å²) in [6, 6.07) is -1.12. The molecule has 66 heavy (non-hydrogen) atoms. The van der Waals surface area contributed by atoms with Crippen LogP contribution in [0.4, 0.5) is 0 Å². The highest BCUT2D eigenvalue weighted by atomic mass is 16.6. The Labute approximate surface area is 393 Å². The van der Waals surface area contributed by atoms with Gasteiger partial charge in [-0.2, -0.15) is 0 Å². The van der Waals surface area contributed by atoms with Crippen LogP contribution in [0.1, 0.15) is 126 Å². The number of rotatable bonds is 7. The van der Waals surface area contributed by atoms with Crippen LogP contribution in [-0.2, 0) is 52.4 Å². The van der Waals surface area contributed by atoms with Gasteiger partial charge in [0.2, 0.25) is 5.79 Å². The van der Waals surface area contributed by atoms with Crippen molar-refractivity contribution in [3.8, 4) is 0 Å². The summed E-state index contributed by atoms with van der Waals surface area (Å²) >= 11 is 0. The topological polar surface area (TPSA) is 184 Å². The Hall–Kier alpha value is -3.37. The van der Waals surface area contributed by atoms with Gasteiger partial charge in [-0.3, -0.25) is 19.2 Å². The number of nitrogens with zero attached hydrogens (tertiary/aromatic N) is 1. The zero-order valence-corrected chi connectivity index (χ0v) is 41.6. The molecule has 1 amide bonds. The molecule has 1 saturated carbocycles. The number of hydrogen-bond acceptors (Lipinski definition) is 13. The summed E-state index contributed by atoms with van der Waals surface area (Å²) < 4.78 is 35.3. The van der Waals surface area contributed by atoms with Crippen molar-refractivity contribution in [2.24, 2.45) is 35.5 Å². The summed E-state index contributed by atoms with van der Waals surface area (Å²) in [7, 11) is 6.31. The number of fused-ring (bicyclic) bond motifs is 3. The van der Waals surface area contributed by atoms with Crippen LogP contribution in [0.5, 0.6) is 0 Å². The summed E-state index contributed by atoms with van der Waals surface area (Å²) in [4.78, 5) is 72.0. The number of aliphatic hydroxyl groups excluding tert-OH is 1. The second-order valence-electron chi connectivity index (χ2n) is 19.8. The lowest BCUT2D eigenvalue weighted by atomic mass is 9.78. The minimum Gasteiger partial charge on any atom is -0.460 e. The molecular formula is C52H81NO13. The van der Waals surface area contributed by atoms with Gasteiger partial charge in [0.15, 0.2) is 5.78 Å². The van der Waals surface area contributed by atoms with E-state index in [9.17, 15) is 34.2 Å². The Kier molecular flexibility index (Phi) is 21.6. The van der Waals surface area contributed by atoms with Crippen molar-refractivity contribution in [1.82, 2.24) is 4.90 Å². The van der Waals surface area contributed by atoms with Crippen LogP contribution in [-0.4, -0.2) is 134 Å². The molecule has 4 aliphatic rings. The number of ether oxygens (including phenoxy) is 6. The molecule has 1 aliphatic carbocycles. The van der Waals surface area contributed by atoms with E-state index >= 15 is 0 Å². The molecule has 14 heteroatoms. The van der Waals surface area contributed by atoms with Crippen LogP contribution < -0.4 is 0 Å². The molecule has 2 bridgehead atoms. The molecule has 3 aliphatic heterocycles. The average Bonchev–Trinajstić information content (AvgIpc) is 3.30. The largest absolute Gasteiger partial charge is 0.460 e. The number of hydrogen-bond donors (Lipinski definition) is 2. The molecule has 0 spiro atoms. The molecule has 1 unspecified atom stereocenters. The van der Waals surface area contributed by atoms with Crippen LogP contribution in [0.15, 0.2) is 47.6 Å². The van der Waals surface area contributed by atoms with Crippen LogP contribution in [0.25, 0.3) is 0 Å². The fourth-order valence-corrected chi connectivity index (χ4v) is 10.4. The van der Waals surface area contributed by atoms with Crippen molar-refractivity contribution in [3.05, 3.63) is 47.6 Å². The Morgan fingerprint density at radius 1 is 0.818 bits per heavy atom. The Morgan fingerprint density at radius 3 is 2.20 bits per heavy atom. The molecule has 3 heterocycles. The van der Waals surface area contributed by atoms with Crippen molar-refractivity contribution in [1.29, 1.82) is 0 Å². The smallest absolute Gasteiger partial charge is 0.329 e. The van der Waals surface area contributed by atoms with Crippen molar-refractivity contribution in [3.63, 3.8) is 0 Å². The number of esters is 1. The lowest BCUT2D eigenvalue weighted by Gasteiger charge is -2.42. The summed E-state index contributed by atoms with van der Waals surface area (Å²) in [6.45, 7) is 12.8. The van der Waals surface area contributed by atoms with E-state index < -0.39 is 77.8 Å². The van der Waals surface area contributed by atoms with Crippen LogP contribution in [0, 0.1) is 35.5 Å². The fourth-order valence-electron chi connectivity index (χ4n) is 10.4. The molecule has 0 aromatic carbocycles. The lowest BCUT2D eigenvalue weighted by molar-refractivity contribution is -0.265. The molecule has 15 atom stereocenters. The molecular weight excluding hydrogens is 847 g/mol. The second-order valence-corrected chi connectivity index (χ2v) is 19.8. The van der Waals surface area contributed by atoms with E-state index in [1.54, 1.807) is 48.2 Å². The van der Waals surface area contributed by atoms with Gasteiger partial charge in [-0.05, 0) is 107 Å². The third-order valence-electron chi connectivity index (χ3n) is 14.8. The zero-order valence-electron chi connectivity index (χ0n) is 41.6. The van der Waals surface area contributed by atoms with Crippen molar-refractivity contribution in [2.75, 3.05) is 35.0 Å². The van der Waals surface area contributed by atoms with E-state index in [4.69, 9.17) is 28.4 Å². The summed E-state index contributed by atoms with van der Waals surface area (Å²) in [5, 5.41) is 23.4. The van der Waals surface area contributed by atoms with E-state index in [1.165, 1.54) is 12.0 Å². The highest BCUT2D eigenvalue weighted by Gasteiger charge is 2.53. The predicted molar refractivity (Wildman–Crippen MR) is 250 cm³/mol. The lowest BCUT2D eigenvalue weighted by Crippen LogP contribution is -2.61. The highest BCUT2D eigenvalue weighted by Crippen LogP contribution is 2.38. The number of Topliss-reactive ketones (excluding diaryl/α,β-unsaturated/α-hetero) is 3. The number of ketones is 3. The maximum atomic E-state index is 14.4. The number of piperidine rings is 1. The molecule has 2 N–H and O–H groups in total. The maximum absolute atomic E-state index is 14.4. The van der Waals surface area contributed by atoms with Gasteiger partial charge in [-0.15, -0.1) is 0 Å². The SMILES string of the molecule is CO[C@H]1C[C@@H]2CC[C@@H](C)[C@@](O)(O2)C(=O)C(=O)N2CCCC[C@H]2C(=O)O[C@H]([C@H](C)C[C@@H]2CC[C@@H](OC)[C@H](OC)C2)CC(=O)[C@H](C)/C=C(\C)[C@@H](O)[C@@H](OC)C(=O)C(C)C[C@H](C)/C=C/C=CC=C1C. The van der Waals surface area contributed by atoms with Crippen LogP contribution >= 0.6 is 0 Å². The van der Waals surface area contributed by atoms with Gasteiger partial charge in [-0.25, -0.2) is 4.79 Å². The van der Waals surface area contributed by atoms with E-state index in [0.717, 1.165) is 24.8 Å². The number of methoxy groups -OCH3 is 4. The standard InChI is InChI=1S/C52H81NO13/c1-31-17-13-12-14-18-32(2)43(62-9)29-39-22-20-37(7)52(60,66-39)49(57)50(58)53-24-16-15-19-40(53)51(59)65-44(34(4)27-38-21-23-42(61-8)45(28-38)63-10)30-41(54)33(3)26-36(6)47(56)48(64-11)46(55)35(5)25-31/h12-14,17-18,26,31,33-35,37-40,42-45,47-48,56,60H,15-16,19-25,27-30H2,1-11H3/b14-12?,17-13+,32-18?,36-26+/t31-,33-,34-,35?,37-,38+,39+,40+,42-,43+,44+,45-,47-,48+,52-/m1/s1. The highest BCUT2D eigenvalue weighted by molar-refractivity contribution is 6.39. The first kappa shape index (κ1) is 55.2. The van der Waals surface area contributed by atoms with Gasteiger partial charge in [-0.1, -0.05) is 71.1 Å². The van der Waals surface area contributed by atoms with Gasteiger partial charge in [0, 0.05) is 65.6 Å². The number of cyclic esters (lactones) is 1. The quantitative estimate of drug-likeness (QED) is 0.154. The molecule has 14 nitrogen and oxygen atoms in total. The van der Waals surface area contributed by atoms with Gasteiger partial charge < -0.3 is 43.5 Å². The first-order valence-corrected chi connectivity index (χ1v) is 24.3. The van der Waals surface area contributed by atoms with E-state index in [-0.39, 0.29) is 60.9 Å². The monoisotopic (exact) mass is 928 g/mol. The molecule has 3 fully saturated rings. The van der Waals surface area contributed by atoms with Crippen molar-refractivity contribution >= 4 is 29.2 Å². The number of allylic oxidation sites excluding steroid dienone is 6. The molecule has 0 aromatic rings. The average molecular weight is 928 g/mol. The first-order chi connectivity index (χ1) is 31.3. The molecule has 0 radical (unpaired) electrons. The van der Waals surface area contributed by atoms with Crippen LogP contribution in [0.3, 0.4) is 0 Å². The summed E-state index contributed by atoms with van der Waals surface area (Å²) in [5.41, 5.74) is 1.29. The Bertz CT molecular complexity index is 1770. The van der Waals surface area contributed by atoms with Crippen LogP contribution in [0.2, 0.25) is 0 Å². The van der Waals surface area contributed by atoms with Gasteiger partial charge in [0.25, 0.3) is 11.7 Å². The number of carbonyl (C=O) groups excluding carboxylic acids is 5. The molecule has 0 aromatic heterocycles. The fraction of sp³-hybridized carbons (Fsp3) is 0.750. The van der Waals surface area contributed by atoms with Crippen molar-refractivity contribution < 1.29 is 62.6 Å². The van der Waals surface area contributed by atoms with E-state index in [2.05, 4.69) is 0 Å². The van der Waals surface area contributed by atoms with E-state index in [0.29, 0.717) is 50.5 Å². The zero-order chi connectivity index (χ0) is 48.9. The van der Waals surface area contributed by atoms with Gasteiger partial charge >= 0.3 is 5.97 Å². The summed E-state index contributed by atoms with van der Waals surface area (Å²) in [5.74, 6) is -7.72. The molecule has 4 rings (SSSR count). The summed E-state index contributed by atoms with van der Waals surface area (Å²) in [6.07, 6.45) is 12.7. The number of carbonyl (C=O) groups is 5. The molecule has 372 valence electrons. The Balaban J connectivity index is 1.70. The minimum atomic E-state index is -2.42. The minimum absolute atomic E-state index is 0.0246. The Morgan fingerprint density at radius 2 is 1.53 bits per heavy atom. The normalized spacial score (nSPS) is 38.7. The predicted octanol–water partition coefficient (Wildman–Crippen LogP) is 6.83. The number of amides is 1. The van der Waals surface area contributed by atoms with Gasteiger partial charge in [0.1, 0.15) is 30.1 Å². The first-order valence-electron chi connectivity index (χ1n) is 24.3. The third kappa shape index (κ3) is 14.3. The number of aliphatic hydroxyl groups is 2. The maximum Gasteiger partial charge on any atom is 0.329 e. The molecule has 2 saturated heterocycles.